The van der Waals surface area contributed by atoms with E-state index in [0.717, 1.165) is 37.1 Å². The Morgan fingerprint density at radius 3 is 2.44 bits per heavy atom. The molecule has 0 unspecified atom stereocenters. The predicted molar refractivity (Wildman–Crippen MR) is 118 cm³/mol. The van der Waals surface area contributed by atoms with Gasteiger partial charge in [0.2, 0.25) is 12.2 Å². The quantitative estimate of drug-likeness (QED) is 0.125. The first kappa shape index (κ1) is 27.0. The minimum atomic E-state index is -0.345. The van der Waals surface area contributed by atoms with E-state index in [2.05, 4.69) is 4.99 Å². The van der Waals surface area contributed by atoms with Crippen LogP contribution in [0.5, 0.6) is 5.75 Å². The topological polar surface area (TPSA) is 105 Å². The summed E-state index contributed by atoms with van der Waals surface area (Å²) in [5.41, 5.74) is 6.79. The number of hydrogen-bond donors (Lipinski definition) is 1. The number of guanidine groups is 1. The molecular formula is C22H27Cl2N5O3. The molecule has 172 valence electrons. The summed E-state index contributed by atoms with van der Waals surface area (Å²) in [7, 11) is 0. The van der Waals surface area contributed by atoms with E-state index >= 15 is 0 Å². The third kappa shape index (κ3) is 9.86. The van der Waals surface area contributed by atoms with E-state index in [1.165, 1.54) is 6.92 Å². The maximum atomic E-state index is 10.9. The third-order valence-electron chi connectivity index (χ3n) is 4.40. The Morgan fingerprint density at radius 2 is 1.81 bits per heavy atom. The summed E-state index contributed by atoms with van der Waals surface area (Å²) in [5.74, 6) is 0.611. The van der Waals surface area contributed by atoms with Gasteiger partial charge in [-0.2, -0.15) is 9.83 Å². The van der Waals surface area contributed by atoms with Crippen LogP contribution in [0.3, 0.4) is 0 Å². The molecule has 2 aromatic rings. The lowest BCUT2D eigenvalue weighted by atomic mass is 10.2. The summed E-state index contributed by atoms with van der Waals surface area (Å²) in [4.78, 5) is 16.4. The van der Waals surface area contributed by atoms with E-state index in [0.29, 0.717) is 18.2 Å². The molecule has 0 aliphatic carbocycles. The molecule has 10 heteroatoms. The van der Waals surface area contributed by atoms with Crippen LogP contribution in [0.2, 0.25) is 5.02 Å². The number of esters is 1. The number of rotatable bonds is 11. The zero-order chi connectivity index (χ0) is 22.5. The summed E-state index contributed by atoms with van der Waals surface area (Å²) in [6, 6.07) is 11.0. The number of aromatic nitrogens is 1. The van der Waals surface area contributed by atoms with Crippen molar-refractivity contribution in [3.8, 4) is 11.9 Å². The Kier molecular flexibility index (Phi) is 12.6. The van der Waals surface area contributed by atoms with Crippen LogP contribution in [0, 0.1) is 11.5 Å². The van der Waals surface area contributed by atoms with Gasteiger partial charge in [0.1, 0.15) is 5.75 Å². The van der Waals surface area contributed by atoms with E-state index in [9.17, 15) is 4.79 Å². The van der Waals surface area contributed by atoms with Gasteiger partial charge >= 0.3 is 5.97 Å². The van der Waals surface area contributed by atoms with Crippen molar-refractivity contribution in [2.45, 2.75) is 39.3 Å². The van der Waals surface area contributed by atoms with Gasteiger partial charge in [0.25, 0.3) is 6.73 Å². The summed E-state index contributed by atoms with van der Waals surface area (Å²) in [6.07, 6.45) is 9.10. The molecule has 1 aromatic carbocycles. The Morgan fingerprint density at radius 1 is 1.16 bits per heavy atom. The largest absolute Gasteiger partial charge is 1.00 e. The molecule has 0 bridgehead atoms. The molecule has 0 saturated carbocycles. The highest BCUT2D eigenvalue weighted by molar-refractivity contribution is 6.30. The van der Waals surface area contributed by atoms with E-state index < -0.39 is 0 Å². The van der Waals surface area contributed by atoms with Crippen LogP contribution in [-0.4, -0.2) is 25.1 Å². The summed E-state index contributed by atoms with van der Waals surface area (Å²) >= 11 is 5.86. The van der Waals surface area contributed by atoms with Crippen LogP contribution in [0.1, 0.15) is 32.6 Å². The lowest BCUT2D eigenvalue weighted by Gasteiger charge is -2.22. The number of anilines is 1. The second kappa shape index (κ2) is 14.9. The molecule has 0 amide bonds. The fourth-order valence-corrected chi connectivity index (χ4v) is 2.94. The first-order valence-corrected chi connectivity index (χ1v) is 10.4. The number of unbranched alkanes of at least 4 members (excludes halogenated alkanes) is 3. The summed E-state index contributed by atoms with van der Waals surface area (Å²) in [6.45, 7) is 2.77. The second-order valence-electron chi connectivity index (χ2n) is 6.77. The van der Waals surface area contributed by atoms with Crippen LogP contribution in [0.4, 0.5) is 5.69 Å². The number of carbonyl (C=O) groups excluding carboxylic acids is 1. The predicted octanol–water partition coefficient (Wildman–Crippen LogP) is 0.394. The molecular weight excluding hydrogens is 453 g/mol. The summed E-state index contributed by atoms with van der Waals surface area (Å²) in [5, 5.41) is 9.55. The Bertz CT molecular complexity index is 899. The average Bonchev–Trinajstić information content (AvgIpc) is 2.76. The number of pyridine rings is 1. The van der Waals surface area contributed by atoms with Gasteiger partial charge < -0.3 is 32.5 Å². The van der Waals surface area contributed by atoms with Crippen molar-refractivity contribution < 1.29 is 31.2 Å². The number of carbonyl (C=O) groups is 1. The third-order valence-corrected chi connectivity index (χ3v) is 4.65. The zero-order valence-corrected chi connectivity index (χ0v) is 19.4. The highest BCUT2D eigenvalue weighted by atomic mass is 35.5. The van der Waals surface area contributed by atoms with Crippen LogP contribution >= 0.6 is 11.6 Å². The van der Waals surface area contributed by atoms with Crippen molar-refractivity contribution in [2.75, 3.05) is 18.1 Å². The molecule has 2 rings (SSSR count). The van der Waals surface area contributed by atoms with Crippen LogP contribution in [0.25, 0.3) is 0 Å². The van der Waals surface area contributed by atoms with E-state index in [1.54, 1.807) is 40.2 Å². The number of nitrogens with zero attached hydrogens (tertiary/aromatic N) is 4. The minimum absolute atomic E-state index is 0. The number of halogens is 2. The first-order chi connectivity index (χ1) is 15.0. The normalized spacial score (nSPS) is 10.6. The number of nitriles is 1. The molecule has 1 aromatic heterocycles. The van der Waals surface area contributed by atoms with Gasteiger partial charge in [0.15, 0.2) is 12.4 Å². The van der Waals surface area contributed by atoms with Crippen molar-refractivity contribution in [3.63, 3.8) is 0 Å². The van der Waals surface area contributed by atoms with Gasteiger partial charge in [-0.05, 0) is 37.1 Å². The molecule has 1 heterocycles. The number of aliphatic imine (C=N–C) groups is 1. The smallest absolute Gasteiger partial charge is 0.307 e. The van der Waals surface area contributed by atoms with E-state index in [-0.39, 0.29) is 31.1 Å². The van der Waals surface area contributed by atoms with Gasteiger partial charge in [-0.3, -0.25) is 4.79 Å². The number of nitrogens with two attached hydrogens (primary N) is 1. The molecule has 0 spiro atoms. The molecule has 0 aliphatic heterocycles. The Balaban J connectivity index is 0.00000512. The van der Waals surface area contributed by atoms with Crippen molar-refractivity contribution in [1.82, 2.24) is 0 Å². The number of ether oxygens (including phenoxy) is 2. The van der Waals surface area contributed by atoms with Gasteiger partial charge in [0.05, 0.1) is 12.3 Å². The van der Waals surface area contributed by atoms with Crippen LogP contribution < -0.4 is 32.3 Å². The molecule has 0 aliphatic rings. The summed E-state index contributed by atoms with van der Waals surface area (Å²) < 4.78 is 12.4. The van der Waals surface area contributed by atoms with E-state index in [4.69, 9.17) is 32.1 Å². The standard InChI is InChI=1S/C22H27ClN5O3.ClH/c1-18(29)31-17-27-13-10-20(11-14-27)28(22(25)26-16-24)12-4-2-3-5-15-30-21-8-6-19(23)7-9-21;/h6-11,13-14H,2-5,12,15,17H2,1H3,(H2,25,26);1H/q+1;/p-1. The fraction of sp³-hybridized carbons (Fsp3) is 0.364. The molecule has 2 N–H and O–H groups in total. The Hall–Kier alpha value is -3.02. The van der Waals surface area contributed by atoms with Crippen molar-refractivity contribution >= 4 is 29.2 Å². The molecule has 0 radical (unpaired) electrons. The molecule has 32 heavy (non-hydrogen) atoms. The van der Waals surface area contributed by atoms with Crippen molar-refractivity contribution in [2.24, 2.45) is 10.7 Å². The zero-order valence-electron chi connectivity index (χ0n) is 17.9. The van der Waals surface area contributed by atoms with Crippen molar-refractivity contribution in [1.29, 1.82) is 5.26 Å². The molecule has 0 atom stereocenters. The molecule has 8 nitrogen and oxygen atoms in total. The van der Waals surface area contributed by atoms with Gasteiger partial charge in [-0.15, -0.1) is 4.99 Å². The molecule has 0 saturated heterocycles. The Labute approximate surface area is 199 Å². The van der Waals surface area contributed by atoms with Crippen LogP contribution in [-0.2, 0) is 16.3 Å². The minimum Gasteiger partial charge on any atom is -1.00 e. The van der Waals surface area contributed by atoms with Gasteiger partial charge in [-0.25, -0.2) is 0 Å². The monoisotopic (exact) mass is 479 g/mol. The van der Waals surface area contributed by atoms with Crippen molar-refractivity contribution in [3.05, 3.63) is 53.8 Å². The highest BCUT2D eigenvalue weighted by Crippen LogP contribution is 2.16. The number of hydrogen-bond acceptors (Lipinski definition) is 5. The first-order valence-electron chi connectivity index (χ1n) is 10.00. The highest BCUT2D eigenvalue weighted by Gasteiger charge is 2.13. The maximum absolute atomic E-state index is 10.9. The second-order valence-corrected chi connectivity index (χ2v) is 7.21. The average molecular weight is 480 g/mol. The van der Waals surface area contributed by atoms with E-state index in [1.807, 2.05) is 24.3 Å². The SMILES string of the molecule is CC(=O)OC[n+]1ccc(N(CCCCCCOc2ccc(Cl)cc2)C(N)=NC#N)cc1.[Cl-]. The number of benzene rings is 1. The fourth-order valence-electron chi connectivity index (χ4n) is 2.81. The van der Waals surface area contributed by atoms with Crippen LogP contribution in [0.15, 0.2) is 53.8 Å². The molecule has 0 fully saturated rings. The lowest BCUT2D eigenvalue weighted by molar-refractivity contribution is -0.727. The lowest BCUT2D eigenvalue weighted by Crippen LogP contribution is -3.00. The van der Waals surface area contributed by atoms with Gasteiger partial charge in [-0.1, -0.05) is 24.4 Å². The maximum Gasteiger partial charge on any atom is 0.307 e. The van der Waals surface area contributed by atoms with Gasteiger partial charge in [0, 0.05) is 30.6 Å².